The van der Waals surface area contributed by atoms with Gasteiger partial charge < -0.3 is 9.84 Å². The van der Waals surface area contributed by atoms with Gasteiger partial charge in [0.25, 0.3) is 0 Å². The zero-order chi connectivity index (χ0) is 18.4. The summed E-state index contributed by atoms with van der Waals surface area (Å²) in [4.78, 5) is 10.7. The number of benzene rings is 1. The largest absolute Gasteiger partial charge is 0.508 e. The average Bonchev–Trinajstić information content (AvgIpc) is 2.58. The van der Waals surface area contributed by atoms with Gasteiger partial charge >= 0.3 is 0 Å². The molecular formula is C19H27ClO3. The van der Waals surface area contributed by atoms with Crippen molar-refractivity contribution in [3.63, 3.8) is 0 Å². The molecule has 0 fully saturated rings. The molecule has 0 radical (unpaired) electrons. The molecule has 4 heteroatoms. The van der Waals surface area contributed by atoms with Gasteiger partial charge in [-0.1, -0.05) is 64.6 Å². The van der Waals surface area contributed by atoms with Gasteiger partial charge in [0.05, 0.1) is 5.02 Å². The third kappa shape index (κ3) is 8.27. The average molecular weight is 339 g/mol. The van der Waals surface area contributed by atoms with Crippen LogP contribution in [0.5, 0.6) is 11.5 Å². The van der Waals surface area contributed by atoms with E-state index in [-0.39, 0.29) is 12.4 Å². The predicted octanol–water partition coefficient (Wildman–Crippen LogP) is 5.65. The number of aromatic hydroxyl groups is 1. The zero-order valence-corrected chi connectivity index (χ0v) is 15.4. The van der Waals surface area contributed by atoms with Crippen molar-refractivity contribution in [2.24, 2.45) is 0 Å². The molecule has 1 aromatic carbocycles. The van der Waals surface area contributed by atoms with Crippen molar-refractivity contribution in [2.75, 3.05) is 6.61 Å². The van der Waals surface area contributed by atoms with E-state index >= 15 is 0 Å². The van der Waals surface area contributed by atoms with Gasteiger partial charge in [-0.2, -0.15) is 0 Å². The number of aldehydes is 1. The fraction of sp³-hybridized carbons (Fsp3) is 0.316. The minimum absolute atomic E-state index is 0.108. The van der Waals surface area contributed by atoms with Crippen molar-refractivity contribution in [1.29, 1.82) is 0 Å². The number of phenols is 1. The first kappa shape index (κ1) is 23.3. The number of carbonyl (C=O) groups excluding carboxylic acids is 1. The van der Waals surface area contributed by atoms with Crippen LogP contribution in [0.2, 0.25) is 5.02 Å². The molecule has 23 heavy (non-hydrogen) atoms. The highest BCUT2D eigenvalue weighted by molar-refractivity contribution is 6.32. The normalized spacial score (nSPS) is 9.57. The minimum Gasteiger partial charge on any atom is -0.508 e. The molecule has 0 aliphatic heterocycles. The van der Waals surface area contributed by atoms with Crippen LogP contribution in [0.3, 0.4) is 0 Å². The molecule has 1 N–H and O–H groups in total. The maximum atomic E-state index is 10.7. The summed E-state index contributed by atoms with van der Waals surface area (Å²) in [5, 5.41) is 9.79. The Morgan fingerprint density at radius 1 is 1.30 bits per heavy atom. The Morgan fingerprint density at radius 3 is 2.35 bits per heavy atom. The number of ether oxygens (including phenoxy) is 1. The molecule has 0 aromatic heterocycles. The van der Waals surface area contributed by atoms with Gasteiger partial charge in [0.2, 0.25) is 0 Å². The zero-order valence-electron chi connectivity index (χ0n) is 14.6. The SMILES string of the molecule is C=C/C=C(/COc1cc(C)c(O)cc1Cl)C(=C)C=O.CC.CC. The third-order valence-corrected chi connectivity index (χ3v) is 2.80. The summed E-state index contributed by atoms with van der Waals surface area (Å²) in [6.07, 6.45) is 3.86. The summed E-state index contributed by atoms with van der Waals surface area (Å²) in [5.74, 6) is 0.544. The lowest BCUT2D eigenvalue weighted by molar-refractivity contribution is -0.104. The number of aryl methyl sites for hydroxylation is 1. The maximum Gasteiger partial charge on any atom is 0.149 e. The van der Waals surface area contributed by atoms with E-state index in [2.05, 4.69) is 13.2 Å². The summed E-state index contributed by atoms with van der Waals surface area (Å²) in [6, 6.07) is 3.05. The third-order valence-electron chi connectivity index (χ3n) is 2.51. The number of carbonyl (C=O) groups is 1. The Bertz CT molecular complexity index is 546. The van der Waals surface area contributed by atoms with E-state index in [1.165, 1.54) is 6.07 Å². The molecule has 1 rings (SSSR count). The highest BCUT2D eigenvalue weighted by Crippen LogP contribution is 2.31. The van der Waals surface area contributed by atoms with Gasteiger partial charge in [-0.15, -0.1) is 0 Å². The lowest BCUT2D eigenvalue weighted by Gasteiger charge is -2.11. The first-order chi connectivity index (χ1) is 11.0. The van der Waals surface area contributed by atoms with Gasteiger partial charge in [-0.05, 0) is 24.1 Å². The summed E-state index contributed by atoms with van der Waals surface area (Å²) >= 11 is 5.96. The number of rotatable bonds is 6. The monoisotopic (exact) mass is 338 g/mol. The molecule has 0 amide bonds. The van der Waals surface area contributed by atoms with E-state index in [4.69, 9.17) is 16.3 Å². The fourth-order valence-corrected chi connectivity index (χ4v) is 1.59. The van der Waals surface area contributed by atoms with Crippen LogP contribution in [-0.4, -0.2) is 18.0 Å². The van der Waals surface area contributed by atoms with Crippen molar-refractivity contribution in [1.82, 2.24) is 0 Å². The molecule has 1 aromatic rings. The molecule has 0 aliphatic carbocycles. The Hall–Kier alpha value is -2.00. The number of hydrogen-bond donors (Lipinski definition) is 1. The van der Waals surface area contributed by atoms with Crippen LogP contribution in [0.1, 0.15) is 33.3 Å². The predicted molar refractivity (Wildman–Crippen MR) is 99.5 cm³/mol. The Morgan fingerprint density at radius 2 is 1.87 bits per heavy atom. The Kier molecular flexibility index (Phi) is 13.8. The topological polar surface area (TPSA) is 46.5 Å². The van der Waals surface area contributed by atoms with Crippen LogP contribution in [0.25, 0.3) is 0 Å². The van der Waals surface area contributed by atoms with E-state index < -0.39 is 0 Å². The highest BCUT2D eigenvalue weighted by atomic mass is 35.5. The Balaban J connectivity index is 0. The quantitative estimate of drug-likeness (QED) is 0.414. The molecule has 128 valence electrons. The number of allylic oxidation sites excluding steroid dienone is 2. The molecule has 0 atom stereocenters. The number of halogens is 1. The van der Waals surface area contributed by atoms with Gasteiger partial charge in [0, 0.05) is 11.6 Å². The van der Waals surface area contributed by atoms with Crippen LogP contribution in [-0.2, 0) is 4.79 Å². The summed E-state index contributed by atoms with van der Waals surface area (Å²) in [5.41, 5.74) is 1.60. The van der Waals surface area contributed by atoms with Crippen LogP contribution in [0.15, 0.2) is 48.6 Å². The lowest BCUT2D eigenvalue weighted by Crippen LogP contribution is -2.04. The summed E-state index contributed by atoms with van der Waals surface area (Å²) in [6.45, 7) is 17.1. The van der Waals surface area contributed by atoms with E-state index in [1.807, 2.05) is 27.7 Å². The van der Waals surface area contributed by atoms with Crippen molar-refractivity contribution in [2.45, 2.75) is 34.6 Å². The molecule has 0 spiro atoms. The van der Waals surface area contributed by atoms with Gasteiger partial charge in [0.15, 0.2) is 0 Å². The van der Waals surface area contributed by atoms with Crippen LogP contribution in [0, 0.1) is 6.92 Å². The Labute approximate surface area is 144 Å². The van der Waals surface area contributed by atoms with Crippen molar-refractivity contribution < 1.29 is 14.6 Å². The lowest BCUT2D eigenvalue weighted by atomic mass is 10.1. The molecule has 0 unspecified atom stereocenters. The van der Waals surface area contributed by atoms with E-state index in [0.29, 0.717) is 33.8 Å². The van der Waals surface area contributed by atoms with Crippen LogP contribution >= 0.6 is 11.6 Å². The summed E-state index contributed by atoms with van der Waals surface area (Å²) < 4.78 is 5.53. The second-order valence-corrected chi connectivity index (χ2v) is 4.34. The fourth-order valence-electron chi connectivity index (χ4n) is 1.38. The highest BCUT2D eigenvalue weighted by Gasteiger charge is 2.08. The minimum atomic E-state index is 0.108. The van der Waals surface area contributed by atoms with E-state index in [1.54, 1.807) is 25.1 Å². The van der Waals surface area contributed by atoms with E-state index in [0.717, 1.165) is 0 Å². The summed E-state index contributed by atoms with van der Waals surface area (Å²) in [7, 11) is 0. The van der Waals surface area contributed by atoms with Crippen LogP contribution in [0.4, 0.5) is 0 Å². The van der Waals surface area contributed by atoms with Crippen molar-refractivity contribution in [3.8, 4) is 11.5 Å². The van der Waals surface area contributed by atoms with Crippen molar-refractivity contribution >= 4 is 17.9 Å². The molecule has 0 saturated heterocycles. The molecule has 0 bridgehead atoms. The number of phenolic OH excluding ortho intramolecular Hbond substituents is 1. The standard InChI is InChI=1S/C15H15ClO3.2C2H6/c1-4-5-12(11(3)8-17)9-19-15-6-10(2)14(18)7-13(15)16;2*1-2/h4-8,18H,1,3,9H2,2H3;2*1-2H3/b12-5-;;. The maximum absolute atomic E-state index is 10.7. The van der Waals surface area contributed by atoms with E-state index in [9.17, 15) is 9.90 Å². The second-order valence-electron chi connectivity index (χ2n) is 3.93. The van der Waals surface area contributed by atoms with Gasteiger partial charge in [-0.3, -0.25) is 4.79 Å². The first-order valence-electron chi connectivity index (χ1n) is 7.57. The molecule has 0 aliphatic rings. The van der Waals surface area contributed by atoms with Crippen molar-refractivity contribution in [3.05, 3.63) is 59.2 Å². The molecule has 0 heterocycles. The molecule has 3 nitrogen and oxygen atoms in total. The smallest absolute Gasteiger partial charge is 0.149 e. The van der Waals surface area contributed by atoms with Crippen LogP contribution < -0.4 is 4.74 Å². The van der Waals surface area contributed by atoms with Gasteiger partial charge in [0.1, 0.15) is 24.4 Å². The second kappa shape index (κ2) is 13.6. The van der Waals surface area contributed by atoms with Gasteiger partial charge in [-0.25, -0.2) is 0 Å². The molecule has 0 saturated carbocycles. The molecular weight excluding hydrogens is 312 g/mol. The number of hydrogen-bond acceptors (Lipinski definition) is 3. The first-order valence-corrected chi connectivity index (χ1v) is 7.95.